The third kappa shape index (κ3) is 3.26. The zero-order valence-corrected chi connectivity index (χ0v) is 11.0. The Morgan fingerprint density at radius 1 is 1.30 bits per heavy atom. The van der Waals surface area contributed by atoms with E-state index in [1.807, 2.05) is 6.92 Å². The molecule has 0 bridgehead atoms. The molecule has 0 aromatic heterocycles. The fourth-order valence-electron chi connectivity index (χ4n) is 1.68. The first-order chi connectivity index (χ1) is 9.60. The van der Waals surface area contributed by atoms with Gasteiger partial charge in [0.15, 0.2) is 5.75 Å². The summed E-state index contributed by atoms with van der Waals surface area (Å²) in [6.45, 7) is 2.36. The molecule has 2 aromatic carbocycles. The minimum Gasteiger partial charge on any atom is -0.455 e. The number of amides is 1. The number of hydrogen-bond acceptors (Lipinski definition) is 3. The van der Waals surface area contributed by atoms with Gasteiger partial charge in [0.1, 0.15) is 11.6 Å². The molecule has 0 saturated carbocycles. The molecule has 0 spiro atoms. The second-order valence-corrected chi connectivity index (χ2v) is 4.17. The van der Waals surface area contributed by atoms with E-state index in [0.29, 0.717) is 29.3 Å². The minimum atomic E-state index is -0.402. The van der Waals surface area contributed by atoms with Crippen LogP contribution in [0, 0.1) is 5.82 Å². The van der Waals surface area contributed by atoms with Gasteiger partial charge in [0, 0.05) is 18.2 Å². The molecule has 104 valence electrons. The maximum atomic E-state index is 13.1. The Labute approximate surface area is 116 Å². The third-order valence-electron chi connectivity index (χ3n) is 2.64. The standard InChI is InChI=1S/C15H15FN2O2/c1-2-18-15(19)10-6-7-13(17)14(8-10)20-12-5-3-4-11(16)9-12/h3-9H,2,17H2,1H3,(H,18,19). The predicted octanol–water partition coefficient (Wildman–Crippen LogP) is 2.95. The Morgan fingerprint density at radius 2 is 2.10 bits per heavy atom. The molecule has 0 fully saturated rings. The molecule has 0 unspecified atom stereocenters. The first kappa shape index (κ1) is 13.9. The summed E-state index contributed by atoms with van der Waals surface area (Å²) in [7, 11) is 0. The Morgan fingerprint density at radius 3 is 2.80 bits per heavy atom. The van der Waals surface area contributed by atoms with E-state index in [-0.39, 0.29) is 5.91 Å². The lowest BCUT2D eigenvalue weighted by atomic mass is 10.1. The number of carbonyl (C=O) groups is 1. The number of carbonyl (C=O) groups excluding carboxylic acids is 1. The van der Waals surface area contributed by atoms with E-state index >= 15 is 0 Å². The van der Waals surface area contributed by atoms with Crippen molar-refractivity contribution in [2.24, 2.45) is 0 Å². The van der Waals surface area contributed by atoms with Crippen LogP contribution in [0.5, 0.6) is 11.5 Å². The second-order valence-electron chi connectivity index (χ2n) is 4.17. The molecule has 2 rings (SSSR count). The highest BCUT2D eigenvalue weighted by Crippen LogP contribution is 2.28. The van der Waals surface area contributed by atoms with E-state index in [2.05, 4.69) is 5.32 Å². The maximum Gasteiger partial charge on any atom is 0.251 e. The van der Waals surface area contributed by atoms with E-state index in [0.717, 1.165) is 0 Å². The first-order valence-electron chi connectivity index (χ1n) is 6.21. The normalized spacial score (nSPS) is 10.1. The largest absolute Gasteiger partial charge is 0.455 e. The number of ether oxygens (including phenoxy) is 1. The quantitative estimate of drug-likeness (QED) is 0.842. The van der Waals surface area contributed by atoms with E-state index in [1.165, 1.54) is 24.3 Å². The van der Waals surface area contributed by atoms with Crippen molar-refractivity contribution in [1.82, 2.24) is 5.32 Å². The molecule has 0 atom stereocenters. The number of halogens is 1. The molecule has 0 saturated heterocycles. The van der Waals surface area contributed by atoms with Crippen LogP contribution in [0.15, 0.2) is 42.5 Å². The summed E-state index contributed by atoms with van der Waals surface area (Å²) in [5, 5.41) is 2.69. The summed E-state index contributed by atoms with van der Waals surface area (Å²) in [5.41, 5.74) is 6.61. The van der Waals surface area contributed by atoms with Crippen molar-refractivity contribution in [3.05, 3.63) is 53.8 Å². The highest BCUT2D eigenvalue weighted by atomic mass is 19.1. The molecular formula is C15H15FN2O2. The van der Waals surface area contributed by atoms with E-state index in [9.17, 15) is 9.18 Å². The number of nitrogens with two attached hydrogens (primary N) is 1. The van der Waals surface area contributed by atoms with Crippen molar-refractivity contribution in [3.8, 4) is 11.5 Å². The first-order valence-corrected chi connectivity index (χ1v) is 6.21. The van der Waals surface area contributed by atoms with Crippen LogP contribution in [0.1, 0.15) is 17.3 Å². The molecule has 0 aliphatic heterocycles. The summed E-state index contributed by atoms with van der Waals surface area (Å²) < 4.78 is 18.6. The minimum absolute atomic E-state index is 0.211. The van der Waals surface area contributed by atoms with Gasteiger partial charge < -0.3 is 15.8 Å². The Hall–Kier alpha value is -2.56. The molecular weight excluding hydrogens is 259 g/mol. The van der Waals surface area contributed by atoms with E-state index in [4.69, 9.17) is 10.5 Å². The monoisotopic (exact) mass is 274 g/mol. The van der Waals surface area contributed by atoms with E-state index < -0.39 is 5.82 Å². The van der Waals surface area contributed by atoms with Crippen LogP contribution in [0.4, 0.5) is 10.1 Å². The number of hydrogen-bond donors (Lipinski definition) is 2. The van der Waals surface area contributed by atoms with Gasteiger partial charge in [-0.05, 0) is 37.3 Å². The molecule has 20 heavy (non-hydrogen) atoms. The van der Waals surface area contributed by atoms with Crippen LogP contribution in [-0.4, -0.2) is 12.5 Å². The van der Waals surface area contributed by atoms with Crippen LogP contribution in [0.3, 0.4) is 0 Å². The smallest absolute Gasteiger partial charge is 0.251 e. The fraction of sp³-hybridized carbons (Fsp3) is 0.133. The van der Waals surface area contributed by atoms with Crippen LogP contribution < -0.4 is 15.8 Å². The zero-order chi connectivity index (χ0) is 14.5. The maximum absolute atomic E-state index is 13.1. The molecule has 3 N–H and O–H groups in total. The average molecular weight is 274 g/mol. The van der Waals surface area contributed by atoms with Crippen molar-refractivity contribution in [3.63, 3.8) is 0 Å². The summed E-state index contributed by atoms with van der Waals surface area (Å²) in [5.74, 6) is 0.0293. The average Bonchev–Trinajstić information content (AvgIpc) is 2.41. The predicted molar refractivity (Wildman–Crippen MR) is 75.3 cm³/mol. The summed E-state index contributed by atoms with van der Waals surface area (Å²) in [6.07, 6.45) is 0. The molecule has 5 heteroatoms. The molecule has 2 aromatic rings. The lowest BCUT2D eigenvalue weighted by Gasteiger charge is -2.10. The molecule has 0 radical (unpaired) electrons. The van der Waals surface area contributed by atoms with Crippen molar-refractivity contribution in [1.29, 1.82) is 0 Å². The second kappa shape index (κ2) is 6.06. The van der Waals surface area contributed by atoms with Gasteiger partial charge in [-0.3, -0.25) is 4.79 Å². The lowest BCUT2D eigenvalue weighted by molar-refractivity contribution is 0.0955. The highest BCUT2D eigenvalue weighted by Gasteiger charge is 2.09. The Balaban J connectivity index is 2.27. The van der Waals surface area contributed by atoms with Gasteiger partial charge >= 0.3 is 0 Å². The highest BCUT2D eigenvalue weighted by molar-refractivity contribution is 5.95. The van der Waals surface area contributed by atoms with E-state index in [1.54, 1.807) is 18.2 Å². The number of anilines is 1. The molecule has 0 aliphatic carbocycles. The van der Waals surface area contributed by atoms with Crippen molar-refractivity contribution < 1.29 is 13.9 Å². The third-order valence-corrected chi connectivity index (χ3v) is 2.64. The van der Waals surface area contributed by atoms with Crippen LogP contribution in [0.2, 0.25) is 0 Å². The van der Waals surface area contributed by atoms with Crippen LogP contribution in [-0.2, 0) is 0 Å². The number of nitrogen functional groups attached to an aromatic ring is 1. The van der Waals surface area contributed by atoms with Gasteiger partial charge in [0.05, 0.1) is 5.69 Å². The van der Waals surface area contributed by atoms with Gasteiger partial charge in [-0.15, -0.1) is 0 Å². The van der Waals surface area contributed by atoms with Gasteiger partial charge in [-0.2, -0.15) is 0 Å². The Bertz CT molecular complexity index is 629. The van der Waals surface area contributed by atoms with Crippen LogP contribution >= 0.6 is 0 Å². The van der Waals surface area contributed by atoms with Gasteiger partial charge in [0.2, 0.25) is 0 Å². The Kier molecular flexibility index (Phi) is 4.20. The molecule has 0 aliphatic rings. The zero-order valence-electron chi connectivity index (χ0n) is 11.0. The number of nitrogens with one attached hydrogen (secondary N) is 1. The SMILES string of the molecule is CCNC(=O)c1ccc(N)c(Oc2cccc(F)c2)c1. The lowest BCUT2D eigenvalue weighted by Crippen LogP contribution is -2.22. The fourth-order valence-corrected chi connectivity index (χ4v) is 1.68. The molecule has 0 heterocycles. The van der Waals surface area contributed by atoms with Crippen molar-refractivity contribution in [2.45, 2.75) is 6.92 Å². The van der Waals surface area contributed by atoms with Gasteiger partial charge in [-0.25, -0.2) is 4.39 Å². The number of benzene rings is 2. The summed E-state index contributed by atoms with van der Waals surface area (Å²) in [4.78, 5) is 11.7. The number of rotatable bonds is 4. The topological polar surface area (TPSA) is 64.4 Å². The van der Waals surface area contributed by atoms with Gasteiger partial charge in [0.25, 0.3) is 5.91 Å². The molecule has 1 amide bonds. The van der Waals surface area contributed by atoms with Crippen molar-refractivity contribution >= 4 is 11.6 Å². The molecule has 4 nitrogen and oxygen atoms in total. The van der Waals surface area contributed by atoms with Crippen LogP contribution in [0.25, 0.3) is 0 Å². The van der Waals surface area contributed by atoms with Gasteiger partial charge in [-0.1, -0.05) is 6.07 Å². The summed E-state index contributed by atoms with van der Waals surface area (Å²) in [6, 6.07) is 10.4. The summed E-state index contributed by atoms with van der Waals surface area (Å²) >= 11 is 0. The van der Waals surface area contributed by atoms with Crippen molar-refractivity contribution in [2.75, 3.05) is 12.3 Å².